The minimum atomic E-state index is -0.577. The normalized spacial score (nSPS) is 13.2. The Morgan fingerprint density at radius 2 is 2.11 bits per heavy atom. The van der Waals surface area contributed by atoms with Crippen molar-refractivity contribution in [1.82, 2.24) is 9.78 Å². The van der Waals surface area contributed by atoms with Crippen molar-refractivity contribution in [2.24, 2.45) is 0 Å². The number of aliphatic hydroxyl groups is 1. The van der Waals surface area contributed by atoms with E-state index in [2.05, 4.69) is 21.0 Å². The highest BCUT2D eigenvalue weighted by atomic mass is 79.9. The van der Waals surface area contributed by atoms with E-state index in [1.807, 2.05) is 18.5 Å². The molecule has 1 heterocycles. The van der Waals surface area contributed by atoms with Crippen LogP contribution in [0.2, 0.25) is 0 Å². The zero-order valence-electron chi connectivity index (χ0n) is 11.1. The van der Waals surface area contributed by atoms with Crippen LogP contribution < -0.4 is 0 Å². The van der Waals surface area contributed by atoms with Crippen LogP contribution in [0.1, 0.15) is 38.1 Å². The molecule has 1 N–H and O–H groups in total. The Labute approximate surface area is 116 Å². The van der Waals surface area contributed by atoms with Gasteiger partial charge in [0.05, 0.1) is 35.7 Å². The van der Waals surface area contributed by atoms with Crippen LogP contribution in [-0.2, 0) is 9.47 Å². The van der Waals surface area contributed by atoms with E-state index < -0.39 is 6.10 Å². The van der Waals surface area contributed by atoms with Gasteiger partial charge in [-0.2, -0.15) is 5.10 Å². The highest BCUT2D eigenvalue weighted by Crippen LogP contribution is 2.27. The van der Waals surface area contributed by atoms with Crippen molar-refractivity contribution in [2.45, 2.75) is 32.4 Å². The molecule has 0 fully saturated rings. The monoisotopic (exact) mass is 320 g/mol. The summed E-state index contributed by atoms with van der Waals surface area (Å²) in [5.74, 6) is 0. The molecule has 0 saturated carbocycles. The number of nitrogens with zero attached hydrogens (tertiary/aromatic N) is 2. The molecule has 6 heteroatoms. The van der Waals surface area contributed by atoms with E-state index in [1.54, 1.807) is 13.3 Å². The van der Waals surface area contributed by atoms with Gasteiger partial charge >= 0.3 is 0 Å². The van der Waals surface area contributed by atoms with E-state index in [0.29, 0.717) is 26.2 Å². The number of ether oxygens (including phenoxy) is 2. The average Bonchev–Trinajstić information content (AvgIpc) is 2.71. The van der Waals surface area contributed by atoms with Crippen molar-refractivity contribution in [3.8, 4) is 0 Å². The van der Waals surface area contributed by atoms with Gasteiger partial charge in [0.15, 0.2) is 0 Å². The molecule has 18 heavy (non-hydrogen) atoms. The highest BCUT2D eigenvalue weighted by molar-refractivity contribution is 9.10. The average molecular weight is 321 g/mol. The number of hydrogen-bond donors (Lipinski definition) is 1. The number of aromatic nitrogens is 2. The molecule has 0 aromatic carbocycles. The Bertz CT molecular complexity index is 355. The molecule has 0 radical (unpaired) electrons. The molecule has 0 saturated heterocycles. The van der Waals surface area contributed by atoms with Crippen molar-refractivity contribution in [2.75, 3.05) is 26.9 Å². The Morgan fingerprint density at radius 1 is 1.39 bits per heavy atom. The van der Waals surface area contributed by atoms with Crippen LogP contribution in [-0.4, -0.2) is 41.8 Å². The lowest BCUT2D eigenvalue weighted by molar-refractivity contribution is 0.0452. The van der Waals surface area contributed by atoms with Crippen LogP contribution in [0.25, 0.3) is 0 Å². The Kier molecular flexibility index (Phi) is 6.85. The second-order valence-electron chi connectivity index (χ2n) is 4.33. The third-order valence-corrected chi connectivity index (χ3v) is 3.17. The predicted molar refractivity (Wildman–Crippen MR) is 72.6 cm³/mol. The Balaban J connectivity index is 2.50. The van der Waals surface area contributed by atoms with Gasteiger partial charge in [0.1, 0.15) is 0 Å². The van der Waals surface area contributed by atoms with Crippen molar-refractivity contribution >= 4 is 15.9 Å². The van der Waals surface area contributed by atoms with Crippen molar-refractivity contribution < 1.29 is 14.6 Å². The first kappa shape index (κ1) is 15.6. The first-order valence-corrected chi connectivity index (χ1v) is 6.84. The number of hydrogen-bond acceptors (Lipinski definition) is 4. The zero-order valence-corrected chi connectivity index (χ0v) is 12.7. The molecule has 104 valence electrons. The summed E-state index contributed by atoms with van der Waals surface area (Å²) in [6.07, 6.45) is 1.68. The molecule has 1 aromatic rings. The maximum Gasteiger partial charge on any atom is 0.0990 e. The summed E-state index contributed by atoms with van der Waals surface area (Å²) in [6, 6.07) is 0.218. The van der Waals surface area contributed by atoms with Crippen LogP contribution in [0.5, 0.6) is 0 Å². The molecule has 0 spiro atoms. The first-order valence-electron chi connectivity index (χ1n) is 6.05. The van der Waals surface area contributed by atoms with E-state index in [-0.39, 0.29) is 6.04 Å². The number of rotatable bonds is 8. The molecular weight excluding hydrogens is 300 g/mol. The molecule has 0 aliphatic rings. The summed E-state index contributed by atoms with van der Waals surface area (Å²) in [6.45, 7) is 5.69. The van der Waals surface area contributed by atoms with Gasteiger partial charge in [0.25, 0.3) is 0 Å². The highest BCUT2D eigenvalue weighted by Gasteiger charge is 2.19. The van der Waals surface area contributed by atoms with Gasteiger partial charge in [-0.05, 0) is 29.8 Å². The van der Waals surface area contributed by atoms with Gasteiger partial charge in [-0.3, -0.25) is 4.68 Å². The quantitative estimate of drug-likeness (QED) is 0.747. The molecule has 1 rings (SSSR count). The molecule has 0 bridgehead atoms. The SMILES string of the molecule is COCCOCCC(O)c1c(Br)cnn1C(C)C. The predicted octanol–water partition coefficient (Wildman–Crippen LogP) is 2.31. The molecule has 1 atom stereocenters. The maximum atomic E-state index is 10.2. The molecule has 1 unspecified atom stereocenters. The molecule has 1 aromatic heterocycles. The lowest BCUT2D eigenvalue weighted by Crippen LogP contribution is -2.14. The van der Waals surface area contributed by atoms with E-state index in [1.165, 1.54) is 0 Å². The van der Waals surface area contributed by atoms with Gasteiger partial charge in [-0.15, -0.1) is 0 Å². The summed E-state index contributed by atoms with van der Waals surface area (Å²) >= 11 is 3.42. The second kappa shape index (κ2) is 7.89. The minimum absolute atomic E-state index is 0.218. The van der Waals surface area contributed by atoms with Gasteiger partial charge in [0, 0.05) is 26.2 Å². The molecule has 5 nitrogen and oxygen atoms in total. The largest absolute Gasteiger partial charge is 0.387 e. The fourth-order valence-corrected chi connectivity index (χ4v) is 2.19. The van der Waals surface area contributed by atoms with Crippen LogP contribution in [0.15, 0.2) is 10.7 Å². The number of aliphatic hydroxyl groups excluding tert-OH is 1. The summed E-state index contributed by atoms with van der Waals surface area (Å²) in [5, 5.41) is 14.4. The van der Waals surface area contributed by atoms with Crippen LogP contribution >= 0.6 is 15.9 Å². The van der Waals surface area contributed by atoms with Gasteiger partial charge < -0.3 is 14.6 Å². The van der Waals surface area contributed by atoms with E-state index in [9.17, 15) is 5.11 Å². The van der Waals surface area contributed by atoms with Crippen molar-refractivity contribution in [3.63, 3.8) is 0 Å². The summed E-state index contributed by atoms with van der Waals surface area (Å²) in [5.41, 5.74) is 0.806. The van der Waals surface area contributed by atoms with Crippen molar-refractivity contribution in [1.29, 1.82) is 0 Å². The number of methoxy groups -OCH3 is 1. The smallest absolute Gasteiger partial charge is 0.0990 e. The summed E-state index contributed by atoms with van der Waals surface area (Å²) < 4.78 is 12.9. The molecule has 0 amide bonds. The lowest BCUT2D eigenvalue weighted by Gasteiger charge is -2.16. The zero-order chi connectivity index (χ0) is 13.5. The van der Waals surface area contributed by atoms with Crippen LogP contribution in [0.4, 0.5) is 0 Å². The van der Waals surface area contributed by atoms with Gasteiger partial charge in [0.2, 0.25) is 0 Å². The topological polar surface area (TPSA) is 56.5 Å². The Morgan fingerprint density at radius 3 is 2.72 bits per heavy atom. The molecule has 0 aliphatic carbocycles. The summed E-state index contributed by atoms with van der Waals surface area (Å²) in [4.78, 5) is 0. The second-order valence-corrected chi connectivity index (χ2v) is 5.18. The Hall–Kier alpha value is -0.430. The van der Waals surface area contributed by atoms with Crippen LogP contribution in [0, 0.1) is 0 Å². The first-order chi connectivity index (χ1) is 8.57. The summed E-state index contributed by atoms with van der Waals surface area (Å²) in [7, 11) is 1.64. The number of halogens is 1. The van der Waals surface area contributed by atoms with E-state index in [0.717, 1.165) is 10.2 Å². The van der Waals surface area contributed by atoms with Crippen LogP contribution in [0.3, 0.4) is 0 Å². The van der Waals surface area contributed by atoms with E-state index >= 15 is 0 Å². The lowest BCUT2D eigenvalue weighted by atomic mass is 10.2. The van der Waals surface area contributed by atoms with Gasteiger partial charge in [-0.1, -0.05) is 0 Å². The maximum absolute atomic E-state index is 10.2. The standard InChI is InChI=1S/C12H21BrN2O3/c1-9(2)15-12(10(13)8-14-15)11(16)4-5-18-7-6-17-3/h8-9,11,16H,4-7H2,1-3H3. The molecular formula is C12H21BrN2O3. The molecule has 0 aliphatic heterocycles. The fraction of sp³-hybridized carbons (Fsp3) is 0.750. The van der Waals surface area contributed by atoms with Crippen molar-refractivity contribution in [3.05, 3.63) is 16.4 Å². The third kappa shape index (κ3) is 4.35. The van der Waals surface area contributed by atoms with Gasteiger partial charge in [-0.25, -0.2) is 0 Å². The third-order valence-electron chi connectivity index (χ3n) is 2.56. The van der Waals surface area contributed by atoms with E-state index in [4.69, 9.17) is 9.47 Å². The minimum Gasteiger partial charge on any atom is -0.387 e. The fourth-order valence-electron chi connectivity index (χ4n) is 1.65.